The molecule has 0 aliphatic carbocycles. The lowest BCUT2D eigenvalue weighted by Gasteiger charge is -2.42. The summed E-state index contributed by atoms with van der Waals surface area (Å²) in [5.41, 5.74) is 1.44. The predicted octanol–water partition coefficient (Wildman–Crippen LogP) is 2.21. The molecule has 1 atom stereocenters. The van der Waals surface area contributed by atoms with E-state index in [1.54, 1.807) is 0 Å². The van der Waals surface area contributed by atoms with E-state index in [-0.39, 0.29) is 5.54 Å². The average Bonchev–Trinajstić information content (AvgIpc) is 2.54. The fraction of sp³-hybridized carbons (Fsp3) is 0.647. The van der Waals surface area contributed by atoms with Gasteiger partial charge in [0, 0.05) is 43.2 Å². The van der Waals surface area contributed by atoms with Crippen LogP contribution in [0.2, 0.25) is 0 Å². The van der Waals surface area contributed by atoms with Crippen LogP contribution in [-0.4, -0.2) is 49.9 Å². The molecule has 2 aliphatic rings. The number of fused-ring (bicyclic) bond motifs is 1. The lowest BCUT2D eigenvalue weighted by Crippen LogP contribution is -2.55. The Morgan fingerprint density at radius 2 is 1.95 bits per heavy atom. The van der Waals surface area contributed by atoms with E-state index in [1.165, 1.54) is 5.56 Å². The minimum absolute atomic E-state index is 0.150. The first-order chi connectivity index (χ1) is 10.2. The Bertz CT molecular complexity index is 470. The van der Waals surface area contributed by atoms with Crippen molar-refractivity contribution in [3.8, 4) is 5.75 Å². The summed E-state index contributed by atoms with van der Waals surface area (Å²) in [5.74, 6) is 1.03. The summed E-state index contributed by atoms with van der Waals surface area (Å²) < 4.78 is 11.2. The number of rotatable bonds is 4. The molecule has 1 aromatic rings. The van der Waals surface area contributed by atoms with Crippen molar-refractivity contribution in [2.75, 3.05) is 39.5 Å². The maximum Gasteiger partial charge on any atom is 0.124 e. The highest BCUT2D eigenvalue weighted by molar-refractivity contribution is 5.37. The van der Waals surface area contributed by atoms with Gasteiger partial charge in [0.1, 0.15) is 5.75 Å². The Labute approximate surface area is 127 Å². The van der Waals surface area contributed by atoms with Crippen LogP contribution in [0.4, 0.5) is 0 Å². The van der Waals surface area contributed by atoms with Crippen molar-refractivity contribution in [3.63, 3.8) is 0 Å². The molecule has 0 saturated carbocycles. The van der Waals surface area contributed by atoms with E-state index in [1.807, 2.05) is 6.07 Å². The molecule has 2 aliphatic heterocycles. The summed E-state index contributed by atoms with van der Waals surface area (Å²) in [6.45, 7) is 10.2. The molecule has 0 spiro atoms. The zero-order valence-corrected chi connectivity index (χ0v) is 13.1. The Kier molecular flexibility index (Phi) is 4.48. The molecule has 0 aromatic heterocycles. The van der Waals surface area contributed by atoms with Crippen molar-refractivity contribution >= 4 is 0 Å². The number of para-hydroxylation sites is 1. The molecule has 4 heteroatoms. The number of nitrogens with zero attached hydrogens (tertiary/aromatic N) is 1. The van der Waals surface area contributed by atoms with Gasteiger partial charge in [0.05, 0.1) is 19.8 Å². The highest BCUT2D eigenvalue weighted by atomic mass is 16.5. The molecule has 21 heavy (non-hydrogen) atoms. The van der Waals surface area contributed by atoms with Crippen molar-refractivity contribution in [2.45, 2.75) is 31.8 Å². The van der Waals surface area contributed by atoms with Gasteiger partial charge in [-0.3, -0.25) is 4.90 Å². The summed E-state index contributed by atoms with van der Waals surface area (Å²) >= 11 is 0. The number of hydrogen-bond donors (Lipinski definition) is 1. The molecule has 1 N–H and O–H groups in total. The largest absolute Gasteiger partial charge is 0.493 e. The molecule has 1 saturated heterocycles. The summed E-state index contributed by atoms with van der Waals surface area (Å²) in [6.07, 6.45) is 1.04. The second-order valence-corrected chi connectivity index (χ2v) is 6.52. The molecule has 0 bridgehead atoms. The Hall–Kier alpha value is -1.10. The highest BCUT2D eigenvalue weighted by Gasteiger charge is 2.30. The molecule has 1 aromatic carbocycles. The summed E-state index contributed by atoms with van der Waals surface area (Å²) in [7, 11) is 0. The second-order valence-electron chi connectivity index (χ2n) is 6.52. The fourth-order valence-corrected chi connectivity index (χ4v) is 3.21. The van der Waals surface area contributed by atoms with Crippen molar-refractivity contribution in [1.82, 2.24) is 10.2 Å². The quantitative estimate of drug-likeness (QED) is 0.922. The minimum atomic E-state index is 0.150. The second kappa shape index (κ2) is 6.34. The zero-order valence-electron chi connectivity index (χ0n) is 13.1. The van der Waals surface area contributed by atoms with Gasteiger partial charge in [-0.2, -0.15) is 0 Å². The summed E-state index contributed by atoms with van der Waals surface area (Å²) in [5, 5.41) is 3.75. The molecule has 1 fully saturated rings. The normalized spacial score (nSPS) is 23.4. The first kappa shape index (κ1) is 14.8. The Balaban J connectivity index is 1.62. The number of hydrogen-bond acceptors (Lipinski definition) is 4. The SMILES string of the molecule is CC(C)(CNC1CCOc2ccccc21)N1CCOCC1. The van der Waals surface area contributed by atoms with Crippen molar-refractivity contribution in [2.24, 2.45) is 0 Å². The van der Waals surface area contributed by atoms with Crippen molar-refractivity contribution < 1.29 is 9.47 Å². The molecule has 4 nitrogen and oxygen atoms in total. The summed E-state index contributed by atoms with van der Waals surface area (Å²) in [4.78, 5) is 2.52. The molecule has 2 heterocycles. The lowest BCUT2D eigenvalue weighted by atomic mass is 9.97. The Morgan fingerprint density at radius 1 is 1.19 bits per heavy atom. The van der Waals surface area contributed by atoms with Gasteiger partial charge in [-0.25, -0.2) is 0 Å². The van der Waals surface area contributed by atoms with E-state index in [4.69, 9.17) is 9.47 Å². The van der Waals surface area contributed by atoms with E-state index in [9.17, 15) is 0 Å². The van der Waals surface area contributed by atoms with E-state index >= 15 is 0 Å². The zero-order chi connectivity index (χ0) is 14.7. The van der Waals surface area contributed by atoms with Crippen LogP contribution in [0.5, 0.6) is 5.75 Å². The van der Waals surface area contributed by atoms with Crippen LogP contribution in [0.15, 0.2) is 24.3 Å². The van der Waals surface area contributed by atoms with Gasteiger partial charge >= 0.3 is 0 Å². The first-order valence-electron chi connectivity index (χ1n) is 7.95. The van der Waals surface area contributed by atoms with Crippen LogP contribution in [0.1, 0.15) is 31.9 Å². The van der Waals surface area contributed by atoms with Crippen LogP contribution in [0.3, 0.4) is 0 Å². The molecular weight excluding hydrogens is 264 g/mol. The maximum absolute atomic E-state index is 5.74. The number of benzene rings is 1. The van der Waals surface area contributed by atoms with E-state index in [2.05, 4.69) is 42.3 Å². The van der Waals surface area contributed by atoms with Gasteiger partial charge in [-0.1, -0.05) is 18.2 Å². The number of nitrogens with one attached hydrogen (secondary N) is 1. The third-order valence-corrected chi connectivity index (χ3v) is 4.61. The van der Waals surface area contributed by atoms with Crippen LogP contribution in [0.25, 0.3) is 0 Å². The van der Waals surface area contributed by atoms with Crippen LogP contribution < -0.4 is 10.1 Å². The molecule has 3 rings (SSSR count). The van der Waals surface area contributed by atoms with Crippen LogP contribution in [-0.2, 0) is 4.74 Å². The number of ether oxygens (including phenoxy) is 2. The smallest absolute Gasteiger partial charge is 0.124 e. The van der Waals surface area contributed by atoms with Gasteiger partial charge in [0.25, 0.3) is 0 Å². The lowest BCUT2D eigenvalue weighted by molar-refractivity contribution is -0.0107. The highest BCUT2D eigenvalue weighted by Crippen LogP contribution is 2.32. The summed E-state index contributed by atoms with van der Waals surface area (Å²) in [6, 6.07) is 8.77. The van der Waals surface area contributed by atoms with Gasteiger partial charge in [0.15, 0.2) is 0 Å². The van der Waals surface area contributed by atoms with Gasteiger partial charge in [0.2, 0.25) is 0 Å². The van der Waals surface area contributed by atoms with E-state index in [0.717, 1.165) is 51.6 Å². The van der Waals surface area contributed by atoms with Crippen molar-refractivity contribution in [3.05, 3.63) is 29.8 Å². The number of morpholine rings is 1. The minimum Gasteiger partial charge on any atom is -0.493 e. The average molecular weight is 290 g/mol. The first-order valence-corrected chi connectivity index (χ1v) is 7.95. The molecule has 0 radical (unpaired) electrons. The van der Waals surface area contributed by atoms with Crippen LogP contribution >= 0.6 is 0 Å². The third kappa shape index (κ3) is 3.39. The maximum atomic E-state index is 5.74. The topological polar surface area (TPSA) is 33.7 Å². The van der Waals surface area contributed by atoms with Crippen LogP contribution in [0, 0.1) is 0 Å². The van der Waals surface area contributed by atoms with Gasteiger partial charge in [-0.05, 0) is 19.9 Å². The Morgan fingerprint density at radius 3 is 2.76 bits per heavy atom. The fourth-order valence-electron chi connectivity index (χ4n) is 3.21. The monoisotopic (exact) mass is 290 g/mol. The van der Waals surface area contributed by atoms with Crippen molar-refractivity contribution in [1.29, 1.82) is 0 Å². The predicted molar refractivity (Wildman–Crippen MR) is 83.8 cm³/mol. The van der Waals surface area contributed by atoms with E-state index in [0.29, 0.717) is 6.04 Å². The molecule has 1 unspecified atom stereocenters. The van der Waals surface area contributed by atoms with Gasteiger partial charge in [-0.15, -0.1) is 0 Å². The molecular formula is C17H26N2O2. The van der Waals surface area contributed by atoms with E-state index < -0.39 is 0 Å². The molecule has 116 valence electrons. The molecule has 0 amide bonds. The standard InChI is InChI=1S/C17H26N2O2/c1-17(2,19-8-11-20-12-9-19)13-18-15-7-10-21-16-6-4-3-5-14(15)16/h3-6,15,18H,7-13H2,1-2H3. The third-order valence-electron chi connectivity index (χ3n) is 4.61. The van der Waals surface area contributed by atoms with Gasteiger partial charge < -0.3 is 14.8 Å².